The highest BCUT2D eigenvalue weighted by atomic mass is 79.9. The summed E-state index contributed by atoms with van der Waals surface area (Å²) in [7, 11) is 1.29. The first-order chi connectivity index (χ1) is 11.0. The fourth-order valence-corrected chi connectivity index (χ4v) is 2.08. The maximum absolute atomic E-state index is 11.6. The Balaban J connectivity index is 2.47. The number of halogens is 1. The summed E-state index contributed by atoms with van der Waals surface area (Å²) in [6, 6.07) is 4.02. The molecule has 3 amide bonds. The van der Waals surface area contributed by atoms with Gasteiger partial charge < -0.3 is 14.8 Å². The molecule has 0 spiro atoms. The molecule has 23 heavy (non-hydrogen) atoms. The number of urea groups is 1. The first-order valence-electron chi connectivity index (χ1n) is 7.06. The van der Waals surface area contributed by atoms with E-state index in [2.05, 4.69) is 31.3 Å². The molecule has 2 N–H and O–H groups in total. The molecule has 126 valence electrons. The summed E-state index contributed by atoms with van der Waals surface area (Å²) >= 11 is 3.24. The van der Waals surface area contributed by atoms with Crippen LogP contribution in [0.4, 0.5) is 4.79 Å². The fraction of sp³-hybridized carbons (Fsp3) is 0.400. The molecular weight excluding hydrogens is 368 g/mol. The number of hydrogen-bond donors (Lipinski definition) is 2. The van der Waals surface area contributed by atoms with Gasteiger partial charge in [-0.15, -0.1) is 0 Å². The Morgan fingerprint density at radius 1 is 1.26 bits per heavy atom. The zero-order valence-corrected chi connectivity index (χ0v) is 14.6. The number of imide groups is 1. The molecule has 0 saturated heterocycles. The van der Waals surface area contributed by atoms with Crippen molar-refractivity contribution in [2.75, 3.05) is 20.3 Å². The predicted octanol–water partition coefficient (Wildman–Crippen LogP) is 2.24. The monoisotopic (exact) mass is 386 g/mol. The van der Waals surface area contributed by atoms with Gasteiger partial charge in [0.05, 0.1) is 17.1 Å². The van der Waals surface area contributed by atoms with Gasteiger partial charge in [0, 0.05) is 6.54 Å². The molecule has 7 nitrogen and oxygen atoms in total. The number of carbonyl (C=O) groups is 3. The van der Waals surface area contributed by atoms with E-state index in [-0.39, 0.29) is 6.61 Å². The Bertz CT molecular complexity index is 577. The minimum absolute atomic E-state index is 0.322. The first-order valence-corrected chi connectivity index (χ1v) is 7.85. The van der Waals surface area contributed by atoms with Crippen LogP contribution in [0.1, 0.15) is 30.1 Å². The average molecular weight is 387 g/mol. The molecule has 0 unspecified atom stereocenters. The summed E-state index contributed by atoms with van der Waals surface area (Å²) in [5.74, 6) is -0.666. The van der Waals surface area contributed by atoms with Crippen molar-refractivity contribution < 1.29 is 23.9 Å². The summed E-state index contributed by atoms with van der Waals surface area (Å²) < 4.78 is 10.4. The molecular formula is C15H19BrN2O5. The second-order valence-electron chi connectivity index (χ2n) is 4.58. The standard InChI is InChI=1S/C15H19BrN2O5/c1-3-4-7-17-15(21)18-13(19)9-23-12-6-5-10(8-11(12)16)14(20)22-2/h5-6,8H,3-4,7,9H2,1-2H3,(H2,17,18,19,21). The van der Waals surface area contributed by atoms with E-state index in [1.807, 2.05) is 6.92 Å². The zero-order valence-electron chi connectivity index (χ0n) is 13.0. The van der Waals surface area contributed by atoms with E-state index in [1.54, 1.807) is 0 Å². The quantitative estimate of drug-likeness (QED) is 0.553. The lowest BCUT2D eigenvalue weighted by Crippen LogP contribution is -2.41. The summed E-state index contributed by atoms with van der Waals surface area (Å²) in [6.07, 6.45) is 1.80. The van der Waals surface area contributed by atoms with E-state index in [0.29, 0.717) is 22.3 Å². The minimum Gasteiger partial charge on any atom is -0.483 e. The molecule has 0 aliphatic carbocycles. The average Bonchev–Trinajstić information content (AvgIpc) is 2.53. The van der Waals surface area contributed by atoms with Crippen LogP contribution in [0, 0.1) is 0 Å². The van der Waals surface area contributed by atoms with Crippen molar-refractivity contribution in [2.45, 2.75) is 19.8 Å². The molecule has 0 bridgehead atoms. The van der Waals surface area contributed by atoms with E-state index in [4.69, 9.17) is 4.74 Å². The second-order valence-corrected chi connectivity index (χ2v) is 5.44. The Labute approximate surface area is 142 Å². The molecule has 0 aromatic heterocycles. The van der Waals surface area contributed by atoms with Crippen LogP contribution in [0.2, 0.25) is 0 Å². The van der Waals surface area contributed by atoms with E-state index < -0.39 is 17.9 Å². The fourth-order valence-electron chi connectivity index (χ4n) is 1.59. The third-order valence-corrected chi connectivity index (χ3v) is 3.40. The topological polar surface area (TPSA) is 93.7 Å². The van der Waals surface area contributed by atoms with Crippen molar-refractivity contribution in [3.63, 3.8) is 0 Å². The number of unbranched alkanes of at least 4 members (excludes halogenated alkanes) is 1. The number of rotatable bonds is 7. The van der Waals surface area contributed by atoms with Crippen LogP contribution < -0.4 is 15.4 Å². The van der Waals surface area contributed by atoms with Gasteiger partial charge in [0.15, 0.2) is 6.61 Å². The second kappa shape index (κ2) is 9.83. The Kier molecular flexibility index (Phi) is 8.10. The van der Waals surface area contributed by atoms with Crippen molar-refractivity contribution in [3.05, 3.63) is 28.2 Å². The lowest BCUT2D eigenvalue weighted by Gasteiger charge is -2.10. The molecule has 0 radical (unpaired) electrons. The molecule has 1 rings (SSSR count). The number of carbonyl (C=O) groups excluding carboxylic acids is 3. The highest BCUT2D eigenvalue weighted by Gasteiger charge is 2.12. The normalized spacial score (nSPS) is 9.87. The molecule has 0 atom stereocenters. The number of esters is 1. The van der Waals surface area contributed by atoms with Gasteiger partial charge in [-0.1, -0.05) is 13.3 Å². The third-order valence-electron chi connectivity index (χ3n) is 2.78. The minimum atomic E-state index is -0.567. The van der Waals surface area contributed by atoms with Gasteiger partial charge in [0.25, 0.3) is 5.91 Å². The smallest absolute Gasteiger partial charge is 0.337 e. The molecule has 0 heterocycles. The van der Waals surface area contributed by atoms with Crippen molar-refractivity contribution in [1.29, 1.82) is 0 Å². The molecule has 8 heteroatoms. The van der Waals surface area contributed by atoms with Crippen LogP contribution in [-0.2, 0) is 9.53 Å². The number of nitrogens with one attached hydrogen (secondary N) is 2. The van der Waals surface area contributed by atoms with E-state index >= 15 is 0 Å². The van der Waals surface area contributed by atoms with Crippen LogP contribution in [0.25, 0.3) is 0 Å². The number of amides is 3. The van der Waals surface area contributed by atoms with Crippen LogP contribution in [0.15, 0.2) is 22.7 Å². The summed E-state index contributed by atoms with van der Waals surface area (Å²) in [5, 5.41) is 4.73. The van der Waals surface area contributed by atoms with Gasteiger partial charge in [-0.25, -0.2) is 9.59 Å². The van der Waals surface area contributed by atoms with E-state index in [9.17, 15) is 14.4 Å². The van der Waals surface area contributed by atoms with Crippen molar-refractivity contribution in [2.24, 2.45) is 0 Å². The molecule has 0 aliphatic rings. The van der Waals surface area contributed by atoms with E-state index in [0.717, 1.165) is 12.8 Å². The Morgan fingerprint density at radius 3 is 2.61 bits per heavy atom. The molecule has 1 aromatic carbocycles. The number of hydrogen-bond acceptors (Lipinski definition) is 5. The lowest BCUT2D eigenvalue weighted by atomic mass is 10.2. The number of ether oxygens (including phenoxy) is 2. The van der Waals surface area contributed by atoms with E-state index in [1.165, 1.54) is 25.3 Å². The Hall–Kier alpha value is -2.09. The van der Waals surface area contributed by atoms with Crippen molar-refractivity contribution >= 4 is 33.8 Å². The maximum atomic E-state index is 11.6. The zero-order chi connectivity index (χ0) is 17.2. The SMILES string of the molecule is CCCCNC(=O)NC(=O)COc1ccc(C(=O)OC)cc1Br. The van der Waals surface area contributed by atoms with Crippen LogP contribution >= 0.6 is 15.9 Å². The third kappa shape index (κ3) is 6.68. The summed E-state index contributed by atoms with van der Waals surface area (Å²) in [4.78, 5) is 34.4. The van der Waals surface area contributed by atoms with Gasteiger partial charge in [-0.3, -0.25) is 10.1 Å². The van der Waals surface area contributed by atoms with Crippen molar-refractivity contribution in [1.82, 2.24) is 10.6 Å². The molecule has 0 saturated carbocycles. The predicted molar refractivity (Wildman–Crippen MR) is 87.4 cm³/mol. The highest BCUT2D eigenvalue weighted by molar-refractivity contribution is 9.10. The van der Waals surface area contributed by atoms with Crippen molar-refractivity contribution in [3.8, 4) is 5.75 Å². The maximum Gasteiger partial charge on any atom is 0.337 e. The lowest BCUT2D eigenvalue weighted by molar-refractivity contribution is -0.122. The molecule has 0 aliphatic heterocycles. The highest BCUT2D eigenvalue weighted by Crippen LogP contribution is 2.26. The summed E-state index contributed by atoms with van der Waals surface area (Å²) in [6.45, 7) is 2.19. The first kappa shape index (κ1) is 19.0. The van der Waals surface area contributed by atoms with Gasteiger partial charge in [-0.2, -0.15) is 0 Å². The van der Waals surface area contributed by atoms with Crippen LogP contribution in [-0.4, -0.2) is 38.2 Å². The van der Waals surface area contributed by atoms with Gasteiger partial charge in [0.1, 0.15) is 5.75 Å². The molecule has 1 aromatic rings. The number of benzene rings is 1. The molecule has 0 fully saturated rings. The van der Waals surface area contributed by atoms with Crippen LogP contribution in [0.5, 0.6) is 5.75 Å². The van der Waals surface area contributed by atoms with Crippen LogP contribution in [0.3, 0.4) is 0 Å². The van der Waals surface area contributed by atoms with Gasteiger partial charge in [0.2, 0.25) is 0 Å². The largest absolute Gasteiger partial charge is 0.483 e. The Morgan fingerprint density at radius 2 is 2.00 bits per heavy atom. The van der Waals surface area contributed by atoms with Gasteiger partial charge in [-0.05, 0) is 40.5 Å². The van der Waals surface area contributed by atoms with Gasteiger partial charge >= 0.3 is 12.0 Å². The summed E-state index contributed by atoms with van der Waals surface area (Å²) in [5.41, 5.74) is 0.353. The number of methoxy groups -OCH3 is 1.